The summed E-state index contributed by atoms with van der Waals surface area (Å²) < 4.78 is 10.9. The van der Waals surface area contributed by atoms with Crippen LogP contribution >= 0.6 is 0 Å². The normalized spacial score (nSPS) is 12.1. The monoisotopic (exact) mass is 324 g/mol. The number of hydrogen-bond donors (Lipinski definition) is 1. The van der Waals surface area contributed by atoms with Crippen LogP contribution in [0.3, 0.4) is 0 Å². The topological polar surface area (TPSA) is 76.7 Å². The number of rotatable bonds is 4. The summed E-state index contributed by atoms with van der Waals surface area (Å²) in [5.41, 5.74) is 2.18. The number of aliphatic carboxylic acids is 1. The number of hydrogen-bond acceptors (Lipinski definition) is 4. The number of ether oxygens (including phenoxy) is 1. The van der Waals surface area contributed by atoms with E-state index in [1.54, 1.807) is 12.1 Å². The van der Waals surface area contributed by atoms with E-state index in [0.29, 0.717) is 22.3 Å². The first-order chi connectivity index (χ1) is 11.5. The maximum Gasteiger partial charge on any atom is 0.344 e. The summed E-state index contributed by atoms with van der Waals surface area (Å²) in [4.78, 5) is 23.1. The average molecular weight is 324 g/mol. The lowest BCUT2D eigenvalue weighted by atomic mass is 10.0. The SMILES string of the molecule is Cc1cc(OC(C)C(=O)O)c2c(-c3ccccc3)cc(=O)oc2c1. The van der Waals surface area contributed by atoms with Gasteiger partial charge in [-0.05, 0) is 37.1 Å². The van der Waals surface area contributed by atoms with Gasteiger partial charge in [0.15, 0.2) is 6.10 Å². The molecule has 0 spiro atoms. The zero-order valence-corrected chi connectivity index (χ0v) is 13.3. The van der Waals surface area contributed by atoms with E-state index < -0.39 is 17.7 Å². The second-order valence-corrected chi connectivity index (χ2v) is 5.58. The minimum atomic E-state index is -1.07. The second kappa shape index (κ2) is 6.20. The van der Waals surface area contributed by atoms with E-state index in [1.807, 2.05) is 37.3 Å². The number of carboxylic acid groups (broad SMARTS) is 1. The summed E-state index contributed by atoms with van der Waals surface area (Å²) in [6, 6.07) is 14.2. The van der Waals surface area contributed by atoms with Crippen LogP contribution in [0, 0.1) is 6.92 Å². The second-order valence-electron chi connectivity index (χ2n) is 5.58. The van der Waals surface area contributed by atoms with Crippen molar-refractivity contribution in [3.63, 3.8) is 0 Å². The molecule has 122 valence electrons. The summed E-state index contributed by atoms with van der Waals surface area (Å²) >= 11 is 0. The van der Waals surface area contributed by atoms with Crippen molar-refractivity contribution in [1.29, 1.82) is 0 Å². The molecular weight excluding hydrogens is 308 g/mol. The van der Waals surface area contributed by atoms with Crippen LogP contribution in [0.4, 0.5) is 0 Å². The smallest absolute Gasteiger partial charge is 0.344 e. The Morgan fingerprint density at radius 2 is 1.88 bits per heavy atom. The minimum absolute atomic E-state index is 0.369. The van der Waals surface area contributed by atoms with Crippen LogP contribution in [-0.4, -0.2) is 17.2 Å². The van der Waals surface area contributed by atoms with Gasteiger partial charge in [-0.15, -0.1) is 0 Å². The van der Waals surface area contributed by atoms with Crippen LogP contribution in [0.25, 0.3) is 22.1 Å². The van der Waals surface area contributed by atoms with Crippen molar-refractivity contribution in [2.45, 2.75) is 20.0 Å². The van der Waals surface area contributed by atoms with E-state index in [9.17, 15) is 9.59 Å². The molecule has 0 fully saturated rings. The van der Waals surface area contributed by atoms with Crippen LogP contribution < -0.4 is 10.4 Å². The molecule has 0 radical (unpaired) electrons. The number of fused-ring (bicyclic) bond motifs is 1. The molecule has 1 heterocycles. The Kier molecular flexibility index (Phi) is 4.08. The summed E-state index contributed by atoms with van der Waals surface area (Å²) in [7, 11) is 0. The quantitative estimate of drug-likeness (QED) is 0.742. The van der Waals surface area contributed by atoms with Gasteiger partial charge in [-0.25, -0.2) is 9.59 Å². The lowest BCUT2D eigenvalue weighted by Gasteiger charge is -2.15. The van der Waals surface area contributed by atoms with Gasteiger partial charge in [0.2, 0.25) is 0 Å². The molecule has 5 heteroatoms. The molecule has 3 rings (SSSR count). The fourth-order valence-corrected chi connectivity index (χ4v) is 2.57. The van der Waals surface area contributed by atoms with E-state index in [1.165, 1.54) is 13.0 Å². The Bertz CT molecular complexity index is 957. The molecule has 1 unspecified atom stereocenters. The fourth-order valence-electron chi connectivity index (χ4n) is 2.57. The van der Waals surface area contributed by atoms with Gasteiger partial charge in [-0.2, -0.15) is 0 Å². The van der Waals surface area contributed by atoms with E-state index in [4.69, 9.17) is 14.3 Å². The van der Waals surface area contributed by atoms with E-state index in [0.717, 1.165) is 11.1 Å². The largest absolute Gasteiger partial charge is 0.479 e. The third kappa shape index (κ3) is 3.01. The molecule has 0 saturated heterocycles. The fraction of sp³-hybridized carbons (Fsp3) is 0.158. The molecular formula is C19H16O5. The number of benzene rings is 2. The van der Waals surface area contributed by atoms with Crippen LogP contribution in [0.5, 0.6) is 5.75 Å². The Labute approximate surface area is 138 Å². The van der Waals surface area contributed by atoms with Crippen LogP contribution in [0.15, 0.2) is 57.7 Å². The number of aryl methyl sites for hydroxylation is 1. The van der Waals surface area contributed by atoms with E-state index >= 15 is 0 Å². The molecule has 0 saturated carbocycles. The van der Waals surface area contributed by atoms with Crippen molar-refractivity contribution in [3.8, 4) is 16.9 Å². The van der Waals surface area contributed by atoms with E-state index in [2.05, 4.69) is 0 Å². The van der Waals surface area contributed by atoms with Gasteiger partial charge >= 0.3 is 11.6 Å². The molecule has 1 N–H and O–H groups in total. The Morgan fingerprint density at radius 3 is 2.54 bits per heavy atom. The predicted octanol–water partition coefficient (Wildman–Crippen LogP) is 3.62. The molecule has 0 aliphatic carbocycles. The molecule has 2 aromatic carbocycles. The molecule has 24 heavy (non-hydrogen) atoms. The molecule has 0 aliphatic heterocycles. The highest BCUT2D eigenvalue weighted by molar-refractivity contribution is 5.98. The van der Waals surface area contributed by atoms with Gasteiger partial charge in [-0.1, -0.05) is 30.3 Å². The van der Waals surface area contributed by atoms with Crippen molar-refractivity contribution >= 4 is 16.9 Å². The lowest BCUT2D eigenvalue weighted by molar-refractivity contribution is -0.144. The molecule has 1 atom stereocenters. The Balaban J connectivity index is 2.31. The first-order valence-electron chi connectivity index (χ1n) is 7.49. The van der Waals surface area contributed by atoms with Gasteiger partial charge in [0.25, 0.3) is 0 Å². The third-order valence-corrected chi connectivity index (χ3v) is 3.69. The average Bonchev–Trinajstić information content (AvgIpc) is 2.54. The van der Waals surface area contributed by atoms with Crippen LogP contribution in [-0.2, 0) is 4.79 Å². The summed E-state index contributed by atoms with van der Waals surface area (Å²) in [6.45, 7) is 3.28. The van der Waals surface area contributed by atoms with Gasteiger partial charge in [0.05, 0.1) is 5.39 Å². The van der Waals surface area contributed by atoms with Crippen molar-refractivity contribution < 1.29 is 19.1 Å². The molecule has 0 amide bonds. The molecule has 5 nitrogen and oxygen atoms in total. The highest BCUT2D eigenvalue weighted by Crippen LogP contribution is 2.35. The van der Waals surface area contributed by atoms with Crippen LogP contribution in [0.1, 0.15) is 12.5 Å². The Hall–Kier alpha value is -3.08. The number of carbonyl (C=O) groups is 1. The summed E-state index contributed by atoms with van der Waals surface area (Å²) in [6.07, 6.45) is -1.02. The predicted molar refractivity (Wildman–Crippen MR) is 90.4 cm³/mol. The molecule has 3 aromatic rings. The summed E-state index contributed by atoms with van der Waals surface area (Å²) in [5.74, 6) is -0.689. The van der Waals surface area contributed by atoms with Crippen molar-refractivity contribution in [1.82, 2.24) is 0 Å². The number of carboxylic acids is 1. The first kappa shape index (κ1) is 15.8. The van der Waals surface area contributed by atoms with Gasteiger partial charge in [-0.3, -0.25) is 0 Å². The third-order valence-electron chi connectivity index (χ3n) is 3.69. The maximum atomic E-state index is 11.9. The van der Waals surface area contributed by atoms with Crippen molar-refractivity contribution in [3.05, 3.63) is 64.5 Å². The first-order valence-corrected chi connectivity index (χ1v) is 7.49. The maximum absolute atomic E-state index is 11.9. The zero-order chi connectivity index (χ0) is 17.3. The van der Waals surface area contributed by atoms with Crippen LogP contribution in [0.2, 0.25) is 0 Å². The molecule has 0 bridgehead atoms. The van der Waals surface area contributed by atoms with E-state index in [-0.39, 0.29) is 0 Å². The molecule has 1 aromatic heterocycles. The van der Waals surface area contributed by atoms with Gasteiger partial charge in [0.1, 0.15) is 11.3 Å². The lowest BCUT2D eigenvalue weighted by Crippen LogP contribution is -2.23. The van der Waals surface area contributed by atoms with Crippen molar-refractivity contribution in [2.24, 2.45) is 0 Å². The minimum Gasteiger partial charge on any atom is -0.479 e. The standard InChI is InChI=1S/C19H16O5/c1-11-8-15(23-12(2)19(21)22)18-14(13-6-4-3-5-7-13)10-17(20)24-16(18)9-11/h3-10,12H,1-2H3,(H,21,22). The Morgan fingerprint density at radius 1 is 1.17 bits per heavy atom. The highest BCUT2D eigenvalue weighted by atomic mass is 16.5. The molecule has 0 aliphatic rings. The van der Waals surface area contributed by atoms with Gasteiger partial charge in [0, 0.05) is 11.6 Å². The highest BCUT2D eigenvalue weighted by Gasteiger charge is 2.18. The van der Waals surface area contributed by atoms with Gasteiger partial charge < -0.3 is 14.3 Å². The summed E-state index contributed by atoms with van der Waals surface area (Å²) in [5, 5.41) is 9.70. The zero-order valence-electron chi connectivity index (χ0n) is 13.3. The van der Waals surface area contributed by atoms with Crippen molar-refractivity contribution in [2.75, 3.05) is 0 Å².